The fourth-order valence-corrected chi connectivity index (χ4v) is 2.28. The molecule has 96 valence electrons. The molecule has 0 saturated heterocycles. The highest BCUT2D eigenvalue weighted by molar-refractivity contribution is 9.10. The Morgan fingerprint density at radius 1 is 1.37 bits per heavy atom. The number of nitrogens with zero attached hydrogens (tertiary/aromatic N) is 1. The third kappa shape index (κ3) is 2.13. The van der Waals surface area contributed by atoms with Crippen LogP contribution in [0.5, 0.6) is 0 Å². The van der Waals surface area contributed by atoms with Gasteiger partial charge >= 0.3 is 5.97 Å². The lowest BCUT2D eigenvalue weighted by Gasteiger charge is -2.20. The van der Waals surface area contributed by atoms with Crippen LogP contribution in [0.25, 0.3) is 0 Å². The molecule has 1 aliphatic rings. The molecule has 0 saturated carbocycles. The lowest BCUT2D eigenvalue weighted by atomic mass is 10.1. The van der Waals surface area contributed by atoms with Crippen LogP contribution in [0.1, 0.15) is 27.1 Å². The van der Waals surface area contributed by atoms with Gasteiger partial charge in [0.25, 0.3) is 11.8 Å². The zero-order valence-electron chi connectivity index (χ0n) is 9.59. The third-order valence-electron chi connectivity index (χ3n) is 2.79. The van der Waals surface area contributed by atoms with Crippen molar-refractivity contribution in [3.05, 3.63) is 33.8 Å². The lowest BCUT2D eigenvalue weighted by Crippen LogP contribution is -2.44. The van der Waals surface area contributed by atoms with Gasteiger partial charge in [-0.3, -0.25) is 14.5 Å². The molecule has 1 atom stereocenters. The van der Waals surface area contributed by atoms with Gasteiger partial charge in [0.1, 0.15) is 6.04 Å². The van der Waals surface area contributed by atoms with Crippen molar-refractivity contribution in [3.63, 3.8) is 0 Å². The molecular weight excluding hydrogens is 314 g/mol. The Bertz CT molecular complexity index is 632. The molecule has 1 aromatic rings. The number of carboxylic acids is 1. The summed E-state index contributed by atoms with van der Waals surface area (Å²) >= 11 is 3.20. The highest BCUT2D eigenvalue weighted by Gasteiger charge is 2.42. The monoisotopic (exact) mass is 321 g/mol. The molecule has 0 aromatic heterocycles. The van der Waals surface area contributed by atoms with Gasteiger partial charge in [0.15, 0.2) is 0 Å². The number of amides is 2. The molecule has 19 heavy (non-hydrogen) atoms. The van der Waals surface area contributed by atoms with E-state index in [4.69, 9.17) is 11.5 Å². The number of rotatable bonds is 3. The summed E-state index contributed by atoms with van der Waals surface area (Å²) in [5.41, 5.74) is 0.374. The maximum Gasteiger partial charge on any atom is 0.327 e. The average molecular weight is 322 g/mol. The molecule has 1 unspecified atom stereocenters. The number of imide groups is 1. The molecule has 1 aromatic carbocycles. The Morgan fingerprint density at radius 3 is 2.58 bits per heavy atom. The van der Waals surface area contributed by atoms with Crippen molar-refractivity contribution in [1.29, 1.82) is 0 Å². The van der Waals surface area contributed by atoms with Crippen molar-refractivity contribution in [2.45, 2.75) is 12.5 Å². The SMILES string of the molecule is C#CCC(C(=O)O)N1C(=O)c2ccc(Br)cc2C1=O. The van der Waals surface area contributed by atoms with Gasteiger partial charge < -0.3 is 5.11 Å². The highest BCUT2D eigenvalue weighted by atomic mass is 79.9. The predicted molar refractivity (Wildman–Crippen MR) is 69.5 cm³/mol. The van der Waals surface area contributed by atoms with Crippen LogP contribution in [0.15, 0.2) is 22.7 Å². The molecule has 2 amide bonds. The summed E-state index contributed by atoms with van der Waals surface area (Å²) in [5.74, 6) is -0.395. The van der Waals surface area contributed by atoms with Gasteiger partial charge in [-0.05, 0) is 18.2 Å². The summed E-state index contributed by atoms with van der Waals surface area (Å²) in [6.45, 7) is 0. The molecule has 2 rings (SSSR count). The van der Waals surface area contributed by atoms with Gasteiger partial charge in [0.2, 0.25) is 0 Å². The van der Waals surface area contributed by atoms with E-state index >= 15 is 0 Å². The smallest absolute Gasteiger partial charge is 0.327 e. The van der Waals surface area contributed by atoms with Gasteiger partial charge in [-0.1, -0.05) is 15.9 Å². The summed E-state index contributed by atoms with van der Waals surface area (Å²) in [4.78, 5) is 36.1. The van der Waals surface area contributed by atoms with E-state index in [0.29, 0.717) is 9.37 Å². The van der Waals surface area contributed by atoms with E-state index in [-0.39, 0.29) is 17.5 Å². The number of carbonyl (C=O) groups excluding carboxylic acids is 2. The van der Waals surface area contributed by atoms with Gasteiger partial charge in [-0.2, -0.15) is 0 Å². The number of carbonyl (C=O) groups is 3. The minimum absolute atomic E-state index is 0.183. The molecule has 1 heterocycles. The standard InChI is InChI=1S/C13H8BrNO4/c1-2-3-10(13(18)19)15-11(16)8-5-4-7(14)6-9(8)12(15)17/h1,4-6,10H,3H2,(H,18,19). The largest absolute Gasteiger partial charge is 0.480 e. The lowest BCUT2D eigenvalue weighted by molar-refractivity contribution is -0.141. The maximum absolute atomic E-state index is 12.1. The van der Waals surface area contributed by atoms with Crippen LogP contribution in [0.2, 0.25) is 0 Å². The minimum Gasteiger partial charge on any atom is -0.480 e. The van der Waals surface area contributed by atoms with Crippen molar-refractivity contribution in [3.8, 4) is 12.3 Å². The van der Waals surface area contributed by atoms with Crippen LogP contribution in [0, 0.1) is 12.3 Å². The Kier molecular flexibility index (Phi) is 3.40. The van der Waals surface area contributed by atoms with Crippen LogP contribution in [-0.2, 0) is 4.79 Å². The number of hydrogen-bond acceptors (Lipinski definition) is 3. The number of carboxylic acid groups (broad SMARTS) is 1. The Labute approximate surface area is 117 Å². The Hall–Kier alpha value is -2.13. The van der Waals surface area contributed by atoms with E-state index in [0.717, 1.165) is 0 Å². The zero-order valence-corrected chi connectivity index (χ0v) is 11.2. The van der Waals surface area contributed by atoms with Crippen molar-refractivity contribution >= 4 is 33.7 Å². The molecule has 6 heteroatoms. The number of halogens is 1. The van der Waals surface area contributed by atoms with Gasteiger partial charge in [-0.15, -0.1) is 12.3 Å². The number of hydrogen-bond donors (Lipinski definition) is 1. The van der Waals surface area contributed by atoms with Crippen molar-refractivity contribution in [2.75, 3.05) is 0 Å². The van der Waals surface area contributed by atoms with E-state index in [1.54, 1.807) is 6.07 Å². The number of aliphatic carboxylic acids is 1. The van der Waals surface area contributed by atoms with Crippen molar-refractivity contribution in [1.82, 2.24) is 4.90 Å². The van der Waals surface area contributed by atoms with E-state index < -0.39 is 23.8 Å². The second-order valence-electron chi connectivity index (χ2n) is 3.93. The minimum atomic E-state index is -1.34. The molecule has 0 bridgehead atoms. The normalized spacial score (nSPS) is 15.1. The van der Waals surface area contributed by atoms with Gasteiger partial charge in [0, 0.05) is 10.9 Å². The first-order valence-electron chi connectivity index (χ1n) is 5.31. The zero-order chi connectivity index (χ0) is 14.2. The molecule has 0 fully saturated rings. The van der Waals surface area contributed by atoms with E-state index in [1.807, 2.05) is 0 Å². The third-order valence-corrected chi connectivity index (χ3v) is 3.28. The first kappa shape index (κ1) is 13.3. The van der Waals surface area contributed by atoms with Crippen LogP contribution in [-0.4, -0.2) is 33.8 Å². The first-order chi connectivity index (χ1) is 8.97. The molecule has 1 N–H and O–H groups in total. The Morgan fingerprint density at radius 2 is 2.00 bits per heavy atom. The fraction of sp³-hybridized carbons (Fsp3) is 0.154. The summed E-state index contributed by atoms with van der Waals surface area (Å²) in [6.07, 6.45) is 4.86. The second kappa shape index (κ2) is 4.86. The molecule has 0 spiro atoms. The highest BCUT2D eigenvalue weighted by Crippen LogP contribution is 2.28. The van der Waals surface area contributed by atoms with Crippen LogP contribution in [0.3, 0.4) is 0 Å². The molecule has 5 nitrogen and oxygen atoms in total. The predicted octanol–water partition coefficient (Wildman–Crippen LogP) is 1.52. The van der Waals surface area contributed by atoms with Crippen molar-refractivity contribution < 1.29 is 19.5 Å². The quantitative estimate of drug-likeness (QED) is 0.676. The fourth-order valence-electron chi connectivity index (χ4n) is 1.92. The summed E-state index contributed by atoms with van der Waals surface area (Å²) in [5, 5.41) is 9.08. The van der Waals surface area contributed by atoms with Gasteiger partial charge in [-0.25, -0.2) is 4.79 Å². The van der Waals surface area contributed by atoms with Crippen LogP contribution < -0.4 is 0 Å². The van der Waals surface area contributed by atoms with Crippen LogP contribution >= 0.6 is 15.9 Å². The Balaban J connectivity index is 2.47. The van der Waals surface area contributed by atoms with E-state index in [9.17, 15) is 14.4 Å². The number of benzene rings is 1. The number of fused-ring (bicyclic) bond motifs is 1. The maximum atomic E-state index is 12.1. The first-order valence-corrected chi connectivity index (χ1v) is 6.10. The average Bonchev–Trinajstić information content (AvgIpc) is 2.59. The van der Waals surface area contributed by atoms with E-state index in [1.165, 1.54) is 12.1 Å². The number of terminal acetylenes is 1. The van der Waals surface area contributed by atoms with Gasteiger partial charge in [0.05, 0.1) is 11.1 Å². The summed E-state index contributed by atoms with van der Waals surface area (Å²) < 4.78 is 0.637. The summed E-state index contributed by atoms with van der Waals surface area (Å²) in [7, 11) is 0. The summed E-state index contributed by atoms with van der Waals surface area (Å²) in [6, 6.07) is 3.25. The molecule has 0 aliphatic carbocycles. The second-order valence-corrected chi connectivity index (χ2v) is 4.85. The van der Waals surface area contributed by atoms with E-state index in [2.05, 4.69) is 21.9 Å². The van der Waals surface area contributed by atoms with Crippen LogP contribution in [0.4, 0.5) is 0 Å². The topological polar surface area (TPSA) is 74.7 Å². The molecular formula is C13H8BrNO4. The molecule has 1 aliphatic heterocycles. The molecule has 0 radical (unpaired) electrons. The van der Waals surface area contributed by atoms with Crippen molar-refractivity contribution in [2.24, 2.45) is 0 Å².